The maximum absolute atomic E-state index is 12.9. The van der Waals surface area contributed by atoms with E-state index in [0.717, 1.165) is 79.2 Å². The molecule has 0 bridgehead atoms. The van der Waals surface area contributed by atoms with Crippen LogP contribution in [0.1, 0.15) is 69.2 Å². The third-order valence-electron chi connectivity index (χ3n) is 10.6. The Balaban J connectivity index is 0.863. The first-order valence-electron chi connectivity index (χ1n) is 20.2. The van der Waals surface area contributed by atoms with Crippen LogP contribution < -0.4 is 15.8 Å². The van der Waals surface area contributed by atoms with E-state index >= 15 is 0 Å². The molecule has 17 nitrogen and oxygen atoms in total. The van der Waals surface area contributed by atoms with E-state index in [-0.39, 0.29) is 42.6 Å². The largest absolute Gasteiger partial charge is 0.496 e. The number of aromatic nitrogens is 6. The molecule has 2 saturated heterocycles. The van der Waals surface area contributed by atoms with Crippen LogP contribution in [0.15, 0.2) is 36.7 Å². The van der Waals surface area contributed by atoms with Gasteiger partial charge in [0, 0.05) is 63.4 Å². The van der Waals surface area contributed by atoms with E-state index in [2.05, 4.69) is 60.2 Å². The van der Waals surface area contributed by atoms with Crippen LogP contribution in [0.3, 0.4) is 0 Å². The Hall–Kier alpha value is -5.13. The predicted octanol–water partition coefficient (Wildman–Crippen LogP) is 3.32. The molecule has 1 atom stereocenters. The van der Waals surface area contributed by atoms with Gasteiger partial charge in [-0.25, -0.2) is 9.67 Å². The summed E-state index contributed by atoms with van der Waals surface area (Å²) in [5.74, 6) is 1.39. The molecule has 0 aliphatic carbocycles. The summed E-state index contributed by atoms with van der Waals surface area (Å²) in [5.41, 5.74) is 10.5. The number of carbonyl (C=O) groups excluding carboxylic acids is 3. The number of hydrogen-bond acceptors (Lipinski definition) is 13. The average molecular weight is 788 g/mol. The number of methoxy groups -OCH3 is 1. The van der Waals surface area contributed by atoms with Crippen LogP contribution in [0, 0.1) is 5.92 Å². The van der Waals surface area contributed by atoms with Gasteiger partial charge in [0.15, 0.2) is 5.82 Å². The lowest BCUT2D eigenvalue weighted by Crippen LogP contribution is -2.48. The number of imide groups is 1. The molecule has 17 heteroatoms. The van der Waals surface area contributed by atoms with Crippen LogP contribution in [0.5, 0.6) is 5.75 Å². The smallest absolute Gasteiger partial charge is 0.233 e. The summed E-state index contributed by atoms with van der Waals surface area (Å²) < 4.78 is 20.9. The van der Waals surface area contributed by atoms with Crippen LogP contribution in [-0.2, 0) is 50.0 Å². The van der Waals surface area contributed by atoms with E-state index in [1.54, 1.807) is 18.0 Å². The molecule has 1 aromatic carbocycles. The number of rotatable bonds is 22. The quantitative estimate of drug-likeness (QED) is 0.0874. The molecule has 0 saturated carbocycles. The first kappa shape index (κ1) is 41.5. The number of likely N-dealkylation sites (tertiary alicyclic amines) is 1. The Morgan fingerprint density at radius 1 is 0.965 bits per heavy atom. The Morgan fingerprint density at radius 2 is 1.77 bits per heavy atom. The molecule has 3 N–H and O–H groups in total. The molecule has 2 aliphatic rings. The van der Waals surface area contributed by atoms with Gasteiger partial charge in [0.25, 0.3) is 0 Å². The number of nitrogens with one attached hydrogen (secondary N) is 1. The van der Waals surface area contributed by atoms with Crippen LogP contribution in [0.25, 0.3) is 11.0 Å². The number of benzene rings is 1. The Labute approximate surface area is 333 Å². The summed E-state index contributed by atoms with van der Waals surface area (Å²) >= 11 is 0. The summed E-state index contributed by atoms with van der Waals surface area (Å²) in [6.45, 7) is 11.4. The van der Waals surface area contributed by atoms with Gasteiger partial charge in [0.1, 0.15) is 17.0 Å². The Kier molecular flexibility index (Phi) is 14.8. The van der Waals surface area contributed by atoms with Crippen molar-refractivity contribution in [3.63, 3.8) is 0 Å². The molecule has 57 heavy (non-hydrogen) atoms. The number of hydrogen-bond donors (Lipinski definition) is 2. The van der Waals surface area contributed by atoms with Crippen molar-refractivity contribution in [3.05, 3.63) is 53.5 Å². The zero-order valence-corrected chi connectivity index (χ0v) is 33.5. The van der Waals surface area contributed by atoms with E-state index in [1.807, 2.05) is 24.1 Å². The third-order valence-corrected chi connectivity index (χ3v) is 10.6. The van der Waals surface area contributed by atoms with Gasteiger partial charge in [0.2, 0.25) is 23.7 Å². The summed E-state index contributed by atoms with van der Waals surface area (Å²) in [4.78, 5) is 51.9. The highest BCUT2D eigenvalue weighted by Crippen LogP contribution is 2.28. The fourth-order valence-corrected chi connectivity index (χ4v) is 7.29. The number of ether oxygens (including phenoxy) is 3. The maximum Gasteiger partial charge on any atom is 0.233 e. The summed E-state index contributed by atoms with van der Waals surface area (Å²) in [5, 5.41) is 11.6. The van der Waals surface area contributed by atoms with Gasteiger partial charge in [0.05, 0.1) is 71.3 Å². The lowest BCUT2D eigenvalue weighted by atomic mass is 10.1. The first-order chi connectivity index (χ1) is 27.8. The van der Waals surface area contributed by atoms with Crippen molar-refractivity contribution in [2.24, 2.45) is 5.92 Å². The highest BCUT2D eigenvalue weighted by atomic mass is 16.5. The predicted molar refractivity (Wildman–Crippen MR) is 214 cm³/mol. The van der Waals surface area contributed by atoms with Crippen molar-refractivity contribution in [2.75, 3.05) is 77.3 Å². The standard InChI is InChI=1S/C40H57N11O6/c1-4-6-7-12-42-38-37-33(43-40(41)44-38)10-13-49(37)26-31-9-8-29(23-34(31)55-3)25-47-14-16-48(17-15-47)35(52)11-19-56-21-22-57-20-18-50-27-32(45-46-50)28-51-36(53)24-30(5-2)39(51)54/h8-10,13,23,27,30H,4-7,11-12,14-22,24-26,28H2,1-3H3,(H3,41,42,43,44). The number of anilines is 2. The van der Waals surface area contributed by atoms with E-state index in [1.165, 1.54) is 4.90 Å². The summed E-state index contributed by atoms with van der Waals surface area (Å²) in [7, 11) is 1.70. The molecule has 3 amide bonds. The van der Waals surface area contributed by atoms with Gasteiger partial charge in [-0.1, -0.05) is 44.0 Å². The van der Waals surface area contributed by atoms with Gasteiger partial charge in [-0.3, -0.25) is 24.2 Å². The topological polar surface area (TPSA) is 188 Å². The molecule has 2 aliphatic heterocycles. The second-order valence-electron chi connectivity index (χ2n) is 14.6. The number of nitrogen functional groups attached to an aromatic ring is 1. The van der Waals surface area contributed by atoms with Crippen LogP contribution in [0.4, 0.5) is 11.8 Å². The first-order valence-corrected chi connectivity index (χ1v) is 20.2. The maximum atomic E-state index is 12.9. The second kappa shape index (κ2) is 20.3. The highest BCUT2D eigenvalue weighted by Gasteiger charge is 2.37. The van der Waals surface area contributed by atoms with Gasteiger partial charge in [-0.15, -0.1) is 5.10 Å². The minimum Gasteiger partial charge on any atom is -0.496 e. The number of piperazine rings is 1. The monoisotopic (exact) mass is 787 g/mol. The lowest BCUT2D eigenvalue weighted by Gasteiger charge is -2.35. The van der Waals surface area contributed by atoms with Gasteiger partial charge in [-0.2, -0.15) is 4.98 Å². The summed E-state index contributed by atoms with van der Waals surface area (Å²) in [6.07, 6.45) is 8.35. The zero-order chi connectivity index (χ0) is 40.1. The van der Waals surface area contributed by atoms with Crippen molar-refractivity contribution in [1.82, 2.24) is 44.2 Å². The van der Waals surface area contributed by atoms with Crippen molar-refractivity contribution in [1.29, 1.82) is 0 Å². The molecular weight excluding hydrogens is 731 g/mol. The minimum absolute atomic E-state index is 0.0936. The van der Waals surface area contributed by atoms with Gasteiger partial charge >= 0.3 is 0 Å². The summed E-state index contributed by atoms with van der Waals surface area (Å²) in [6, 6.07) is 8.34. The number of fused-ring (bicyclic) bond motifs is 1. The molecule has 2 fully saturated rings. The zero-order valence-electron chi connectivity index (χ0n) is 33.5. The molecule has 0 spiro atoms. The van der Waals surface area contributed by atoms with Crippen molar-refractivity contribution in [2.45, 2.75) is 78.6 Å². The molecule has 5 heterocycles. The van der Waals surface area contributed by atoms with Gasteiger partial charge in [-0.05, 0) is 30.5 Å². The minimum atomic E-state index is -0.232. The Bertz CT molecular complexity index is 1960. The van der Waals surface area contributed by atoms with Crippen LogP contribution >= 0.6 is 0 Å². The molecule has 0 radical (unpaired) electrons. The van der Waals surface area contributed by atoms with E-state index < -0.39 is 0 Å². The highest BCUT2D eigenvalue weighted by molar-refractivity contribution is 6.03. The number of carbonyl (C=O) groups is 3. The number of unbranched alkanes of at least 4 members (excludes halogenated alkanes) is 2. The normalized spacial score (nSPS) is 16.3. The van der Waals surface area contributed by atoms with E-state index in [0.29, 0.717) is 71.1 Å². The molecule has 1 unspecified atom stereocenters. The number of nitrogens with two attached hydrogens (primary N) is 1. The molecule has 4 aromatic rings. The second-order valence-corrected chi connectivity index (χ2v) is 14.6. The lowest BCUT2D eigenvalue weighted by molar-refractivity contribution is -0.140. The molecule has 6 rings (SSSR count). The SMILES string of the molecule is CCCCCNc1nc(N)nc2ccn(Cc3ccc(CN4CCN(C(=O)CCOCCOCCn5cc(CN6C(=O)CC(CC)C6=O)nn5)CC4)cc3OC)c12. The average Bonchev–Trinajstić information content (AvgIpc) is 3.92. The van der Waals surface area contributed by atoms with Crippen molar-refractivity contribution in [3.8, 4) is 5.75 Å². The van der Waals surface area contributed by atoms with E-state index in [4.69, 9.17) is 19.9 Å². The van der Waals surface area contributed by atoms with Crippen molar-refractivity contribution >= 4 is 40.5 Å². The fourth-order valence-electron chi connectivity index (χ4n) is 7.29. The van der Waals surface area contributed by atoms with Gasteiger partial charge < -0.3 is 34.7 Å². The molecular formula is C40H57N11O6. The number of amides is 3. The molecule has 3 aromatic heterocycles. The Morgan fingerprint density at radius 3 is 2.53 bits per heavy atom. The van der Waals surface area contributed by atoms with Crippen molar-refractivity contribution < 1.29 is 28.6 Å². The number of nitrogens with zero attached hydrogens (tertiary/aromatic N) is 9. The van der Waals surface area contributed by atoms with Crippen LogP contribution in [-0.4, -0.2) is 128 Å². The molecule has 308 valence electrons. The van der Waals surface area contributed by atoms with E-state index in [9.17, 15) is 14.4 Å². The van der Waals surface area contributed by atoms with Crippen LogP contribution in [0.2, 0.25) is 0 Å². The third kappa shape index (κ3) is 11.0. The fraction of sp³-hybridized carbons (Fsp3) is 0.575.